The molecule has 2 rings (SSSR count). The Morgan fingerprint density at radius 1 is 1.21 bits per heavy atom. The molecule has 74 valence electrons. The van der Waals surface area contributed by atoms with Gasteiger partial charge in [0.25, 0.3) is 0 Å². The second-order valence-electron chi connectivity index (χ2n) is 3.87. The summed E-state index contributed by atoms with van der Waals surface area (Å²) in [5, 5.41) is 17.8. The molecular formula is C10H14BNO2. The fourth-order valence-electron chi connectivity index (χ4n) is 2.03. The number of hydrogen-bond acceptors (Lipinski definition) is 3. The van der Waals surface area contributed by atoms with Crippen molar-refractivity contribution in [1.29, 1.82) is 0 Å². The van der Waals surface area contributed by atoms with Crippen molar-refractivity contribution in [3.8, 4) is 0 Å². The van der Waals surface area contributed by atoms with Crippen LogP contribution in [0.25, 0.3) is 0 Å². The van der Waals surface area contributed by atoms with E-state index in [1.807, 2.05) is 6.07 Å². The Morgan fingerprint density at radius 3 is 2.43 bits per heavy atom. The van der Waals surface area contributed by atoms with Crippen LogP contribution in [0.15, 0.2) is 18.3 Å². The minimum absolute atomic E-state index is 0.465. The molecule has 3 nitrogen and oxygen atoms in total. The van der Waals surface area contributed by atoms with Crippen LogP contribution in [0.4, 0.5) is 0 Å². The topological polar surface area (TPSA) is 53.4 Å². The summed E-state index contributed by atoms with van der Waals surface area (Å²) in [7, 11) is -1.40. The molecule has 4 heteroatoms. The van der Waals surface area contributed by atoms with E-state index in [0.29, 0.717) is 11.4 Å². The van der Waals surface area contributed by atoms with Crippen molar-refractivity contribution < 1.29 is 10.0 Å². The van der Waals surface area contributed by atoms with Gasteiger partial charge in [0.2, 0.25) is 0 Å². The summed E-state index contributed by atoms with van der Waals surface area (Å²) in [6, 6.07) is 3.65. The Bertz CT molecular complexity index is 293. The van der Waals surface area contributed by atoms with Crippen molar-refractivity contribution in [3.63, 3.8) is 0 Å². The maximum atomic E-state index is 8.90. The molecule has 0 spiro atoms. The lowest BCUT2D eigenvalue weighted by Crippen LogP contribution is -2.30. The number of hydrogen-bond donors (Lipinski definition) is 2. The smallest absolute Gasteiger partial charge is 0.423 e. The van der Waals surface area contributed by atoms with Gasteiger partial charge in [0, 0.05) is 23.3 Å². The van der Waals surface area contributed by atoms with Crippen LogP contribution in [-0.2, 0) is 0 Å². The monoisotopic (exact) mass is 191 g/mol. The summed E-state index contributed by atoms with van der Waals surface area (Å²) in [4.78, 5) is 4.26. The van der Waals surface area contributed by atoms with Crippen molar-refractivity contribution in [2.75, 3.05) is 0 Å². The van der Waals surface area contributed by atoms with E-state index in [1.54, 1.807) is 12.3 Å². The first-order chi connectivity index (χ1) is 6.77. The fourth-order valence-corrected chi connectivity index (χ4v) is 2.03. The van der Waals surface area contributed by atoms with Crippen molar-refractivity contribution in [1.82, 2.24) is 4.98 Å². The number of nitrogens with zero attached hydrogens (tertiary/aromatic N) is 1. The van der Waals surface area contributed by atoms with E-state index in [1.165, 1.54) is 25.7 Å². The molecule has 0 radical (unpaired) electrons. The van der Waals surface area contributed by atoms with Crippen LogP contribution < -0.4 is 5.46 Å². The summed E-state index contributed by atoms with van der Waals surface area (Å²) in [5.41, 5.74) is 1.55. The molecule has 2 N–H and O–H groups in total. The summed E-state index contributed by atoms with van der Waals surface area (Å²) >= 11 is 0. The van der Waals surface area contributed by atoms with Crippen LogP contribution in [0, 0.1) is 0 Å². The predicted molar refractivity (Wildman–Crippen MR) is 55.3 cm³/mol. The highest BCUT2D eigenvalue weighted by Gasteiger charge is 2.19. The molecule has 1 fully saturated rings. The zero-order valence-corrected chi connectivity index (χ0v) is 8.06. The van der Waals surface area contributed by atoms with Gasteiger partial charge in [-0.25, -0.2) is 0 Å². The zero-order chi connectivity index (χ0) is 9.97. The van der Waals surface area contributed by atoms with E-state index < -0.39 is 7.12 Å². The van der Waals surface area contributed by atoms with Crippen molar-refractivity contribution in [3.05, 3.63) is 24.0 Å². The third-order valence-electron chi connectivity index (χ3n) is 2.88. The minimum Gasteiger partial charge on any atom is -0.423 e. The molecule has 1 aliphatic carbocycles. The van der Waals surface area contributed by atoms with Gasteiger partial charge in [0.1, 0.15) is 0 Å². The quantitative estimate of drug-likeness (QED) is 0.666. The Kier molecular flexibility index (Phi) is 2.84. The molecule has 0 aliphatic heterocycles. The summed E-state index contributed by atoms with van der Waals surface area (Å²) in [6.45, 7) is 0. The van der Waals surface area contributed by atoms with E-state index in [9.17, 15) is 0 Å². The van der Waals surface area contributed by atoms with E-state index in [2.05, 4.69) is 4.98 Å². The van der Waals surface area contributed by atoms with E-state index in [4.69, 9.17) is 10.0 Å². The fraction of sp³-hybridized carbons (Fsp3) is 0.500. The van der Waals surface area contributed by atoms with Gasteiger partial charge in [-0.3, -0.25) is 4.98 Å². The highest BCUT2D eigenvalue weighted by Crippen LogP contribution is 2.32. The molecule has 14 heavy (non-hydrogen) atoms. The predicted octanol–water partition coefficient (Wildman–Crippen LogP) is 0.419. The molecule has 0 atom stereocenters. The average Bonchev–Trinajstić information content (AvgIpc) is 2.71. The molecule has 0 unspecified atom stereocenters. The van der Waals surface area contributed by atoms with Crippen LogP contribution in [0.2, 0.25) is 0 Å². The number of pyridine rings is 1. The van der Waals surface area contributed by atoms with Gasteiger partial charge in [0.15, 0.2) is 0 Å². The first-order valence-electron chi connectivity index (χ1n) is 5.09. The molecule has 0 aromatic carbocycles. The lowest BCUT2D eigenvalue weighted by Gasteiger charge is -2.08. The first-order valence-corrected chi connectivity index (χ1v) is 5.09. The third kappa shape index (κ3) is 1.96. The maximum absolute atomic E-state index is 8.90. The first kappa shape index (κ1) is 9.68. The third-order valence-corrected chi connectivity index (χ3v) is 2.88. The van der Waals surface area contributed by atoms with E-state index in [0.717, 1.165) is 5.69 Å². The Balaban J connectivity index is 2.12. The molecule has 0 saturated heterocycles. The lowest BCUT2D eigenvalue weighted by atomic mass is 9.81. The number of aromatic nitrogens is 1. The van der Waals surface area contributed by atoms with Gasteiger partial charge < -0.3 is 10.0 Å². The summed E-state index contributed by atoms with van der Waals surface area (Å²) < 4.78 is 0. The molecule has 1 heterocycles. The maximum Gasteiger partial charge on any atom is 0.490 e. The Hall–Kier alpha value is -0.865. The summed E-state index contributed by atoms with van der Waals surface area (Å²) in [6.07, 6.45) is 6.56. The van der Waals surface area contributed by atoms with Crippen molar-refractivity contribution >= 4 is 12.6 Å². The normalized spacial score (nSPS) is 17.3. The highest BCUT2D eigenvalue weighted by atomic mass is 16.4. The molecule has 1 saturated carbocycles. The van der Waals surface area contributed by atoms with Crippen LogP contribution in [0.3, 0.4) is 0 Å². The van der Waals surface area contributed by atoms with Crippen molar-refractivity contribution in [2.45, 2.75) is 31.6 Å². The van der Waals surface area contributed by atoms with E-state index in [-0.39, 0.29) is 0 Å². The molecule has 1 aromatic rings. The molecule has 1 aliphatic rings. The molecule has 1 aromatic heterocycles. The SMILES string of the molecule is OB(O)c1ccc(C2CCCC2)nc1. The Labute approximate surface area is 84.0 Å². The van der Waals surface area contributed by atoms with Gasteiger partial charge in [-0.2, -0.15) is 0 Å². The number of rotatable bonds is 2. The average molecular weight is 191 g/mol. The standard InChI is InChI=1S/C10H14BNO2/c13-11(14)9-5-6-10(12-7-9)8-3-1-2-4-8/h5-8,13-14H,1-4H2. The molecule has 0 bridgehead atoms. The largest absolute Gasteiger partial charge is 0.490 e. The van der Waals surface area contributed by atoms with Crippen LogP contribution >= 0.6 is 0 Å². The van der Waals surface area contributed by atoms with Crippen LogP contribution in [0.1, 0.15) is 37.3 Å². The second-order valence-corrected chi connectivity index (χ2v) is 3.87. The van der Waals surface area contributed by atoms with Gasteiger partial charge in [0.05, 0.1) is 0 Å². The highest BCUT2D eigenvalue weighted by molar-refractivity contribution is 6.58. The molecular weight excluding hydrogens is 177 g/mol. The van der Waals surface area contributed by atoms with Gasteiger partial charge in [-0.05, 0) is 18.9 Å². The van der Waals surface area contributed by atoms with Crippen LogP contribution in [0.5, 0.6) is 0 Å². The van der Waals surface area contributed by atoms with Gasteiger partial charge in [-0.15, -0.1) is 0 Å². The second kappa shape index (κ2) is 4.11. The van der Waals surface area contributed by atoms with Crippen molar-refractivity contribution in [2.24, 2.45) is 0 Å². The van der Waals surface area contributed by atoms with Crippen LogP contribution in [-0.4, -0.2) is 22.2 Å². The Morgan fingerprint density at radius 2 is 1.93 bits per heavy atom. The minimum atomic E-state index is -1.40. The van der Waals surface area contributed by atoms with E-state index >= 15 is 0 Å². The zero-order valence-electron chi connectivity index (χ0n) is 8.06. The lowest BCUT2D eigenvalue weighted by molar-refractivity contribution is 0.425. The van der Waals surface area contributed by atoms with Gasteiger partial charge in [-0.1, -0.05) is 18.9 Å². The van der Waals surface area contributed by atoms with Gasteiger partial charge >= 0.3 is 7.12 Å². The molecule has 0 amide bonds. The summed E-state index contributed by atoms with van der Waals surface area (Å²) in [5.74, 6) is 0.583.